The Balaban J connectivity index is 1.57. The van der Waals surface area contributed by atoms with E-state index in [1.807, 2.05) is 0 Å². The molecular weight excluding hydrogens is 198 g/mol. The third-order valence-corrected chi connectivity index (χ3v) is 3.99. The Bertz CT molecular complexity index is 203. The number of nitrogens with zero attached hydrogens (tertiary/aromatic N) is 2. The fraction of sp³-hybridized carbons (Fsp3) is 1.00. The van der Waals surface area contributed by atoms with Crippen LogP contribution in [0.15, 0.2) is 0 Å². The average Bonchev–Trinajstić information content (AvgIpc) is 3.04. The molecule has 0 radical (unpaired) electrons. The van der Waals surface area contributed by atoms with Crippen LogP contribution in [-0.2, 0) is 0 Å². The lowest BCUT2D eigenvalue weighted by atomic mass is 10.1. The first-order valence-corrected chi connectivity index (χ1v) is 6.93. The van der Waals surface area contributed by atoms with Gasteiger partial charge >= 0.3 is 0 Å². The summed E-state index contributed by atoms with van der Waals surface area (Å²) in [6.07, 6.45) is 4.25. The number of nitrogens with one attached hydrogen (secondary N) is 1. The highest BCUT2D eigenvalue weighted by atomic mass is 15.2. The summed E-state index contributed by atoms with van der Waals surface area (Å²) in [5.74, 6) is 0.895. The topological polar surface area (TPSA) is 18.5 Å². The Morgan fingerprint density at radius 1 is 1.31 bits per heavy atom. The summed E-state index contributed by atoms with van der Waals surface area (Å²) in [5.41, 5.74) is 0. The van der Waals surface area contributed by atoms with Gasteiger partial charge in [-0.3, -0.25) is 0 Å². The molecule has 0 bridgehead atoms. The van der Waals surface area contributed by atoms with Gasteiger partial charge in [-0.15, -0.1) is 0 Å². The lowest BCUT2D eigenvalue weighted by Gasteiger charge is -2.21. The molecule has 16 heavy (non-hydrogen) atoms. The molecule has 1 saturated carbocycles. The van der Waals surface area contributed by atoms with E-state index in [1.54, 1.807) is 0 Å². The van der Waals surface area contributed by atoms with Gasteiger partial charge in [0, 0.05) is 25.7 Å². The van der Waals surface area contributed by atoms with Gasteiger partial charge < -0.3 is 15.1 Å². The smallest absolute Gasteiger partial charge is 0.0109 e. The van der Waals surface area contributed by atoms with Gasteiger partial charge in [-0.05, 0) is 51.9 Å². The zero-order valence-electron chi connectivity index (χ0n) is 10.9. The van der Waals surface area contributed by atoms with Crippen LogP contribution in [0.25, 0.3) is 0 Å². The van der Waals surface area contributed by atoms with Crippen LogP contribution in [0, 0.1) is 5.92 Å². The minimum absolute atomic E-state index is 0.895. The molecule has 3 nitrogen and oxygen atoms in total. The van der Waals surface area contributed by atoms with Gasteiger partial charge in [0.1, 0.15) is 0 Å². The minimum Gasteiger partial charge on any atom is -0.317 e. The number of likely N-dealkylation sites (tertiary alicyclic amines) is 1. The number of rotatable bonds is 7. The number of hydrogen-bond acceptors (Lipinski definition) is 3. The van der Waals surface area contributed by atoms with Crippen molar-refractivity contribution in [1.29, 1.82) is 0 Å². The minimum atomic E-state index is 0.895. The van der Waals surface area contributed by atoms with Gasteiger partial charge in [-0.2, -0.15) is 0 Å². The Kier molecular flexibility index (Phi) is 4.62. The Labute approximate surface area is 100 Å². The van der Waals surface area contributed by atoms with E-state index in [2.05, 4.69) is 29.1 Å². The first-order valence-electron chi connectivity index (χ1n) is 6.93. The Morgan fingerprint density at radius 3 is 2.81 bits per heavy atom. The monoisotopic (exact) mass is 225 g/mol. The zero-order chi connectivity index (χ0) is 11.4. The van der Waals surface area contributed by atoms with Crippen molar-refractivity contribution in [3.8, 4) is 0 Å². The molecule has 1 unspecified atom stereocenters. The molecule has 0 aromatic heterocycles. The van der Waals surface area contributed by atoms with Crippen LogP contribution >= 0.6 is 0 Å². The summed E-state index contributed by atoms with van der Waals surface area (Å²) in [5, 5.41) is 3.47. The highest BCUT2D eigenvalue weighted by Gasteiger charge is 2.27. The maximum atomic E-state index is 3.47. The van der Waals surface area contributed by atoms with E-state index in [4.69, 9.17) is 0 Å². The van der Waals surface area contributed by atoms with Crippen molar-refractivity contribution < 1.29 is 0 Å². The average molecular weight is 225 g/mol. The van der Waals surface area contributed by atoms with Crippen LogP contribution in [0.5, 0.6) is 0 Å². The van der Waals surface area contributed by atoms with Crippen molar-refractivity contribution in [2.75, 3.05) is 46.3 Å². The summed E-state index contributed by atoms with van der Waals surface area (Å²) >= 11 is 0. The predicted molar refractivity (Wildman–Crippen MR) is 68.7 cm³/mol. The summed E-state index contributed by atoms with van der Waals surface area (Å²) in [7, 11) is 2.28. The Hall–Kier alpha value is -0.120. The number of likely N-dealkylation sites (N-methyl/N-ethyl adjacent to an activating group) is 1. The first kappa shape index (κ1) is 12.3. The molecule has 2 rings (SSSR count). The first-order chi connectivity index (χ1) is 7.79. The number of hydrogen-bond donors (Lipinski definition) is 1. The van der Waals surface area contributed by atoms with Gasteiger partial charge in [0.2, 0.25) is 0 Å². The van der Waals surface area contributed by atoms with Crippen molar-refractivity contribution in [3.63, 3.8) is 0 Å². The quantitative estimate of drug-likeness (QED) is 0.698. The molecule has 94 valence electrons. The van der Waals surface area contributed by atoms with Crippen LogP contribution in [0.4, 0.5) is 0 Å². The fourth-order valence-corrected chi connectivity index (χ4v) is 2.63. The van der Waals surface area contributed by atoms with Crippen LogP contribution in [0.2, 0.25) is 0 Å². The van der Waals surface area contributed by atoms with Crippen molar-refractivity contribution in [2.24, 2.45) is 5.92 Å². The van der Waals surface area contributed by atoms with Crippen LogP contribution in [0.3, 0.4) is 0 Å². The van der Waals surface area contributed by atoms with Crippen LogP contribution in [-0.4, -0.2) is 62.2 Å². The molecule has 1 heterocycles. The summed E-state index contributed by atoms with van der Waals surface area (Å²) in [6, 6.07) is 0.917. The van der Waals surface area contributed by atoms with E-state index in [0.29, 0.717) is 0 Å². The molecule has 0 aromatic rings. The molecule has 1 aliphatic carbocycles. The second-order valence-corrected chi connectivity index (χ2v) is 5.47. The third kappa shape index (κ3) is 3.72. The van der Waals surface area contributed by atoms with E-state index in [1.165, 1.54) is 52.0 Å². The van der Waals surface area contributed by atoms with Gasteiger partial charge in [-0.1, -0.05) is 6.92 Å². The summed E-state index contributed by atoms with van der Waals surface area (Å²) in [6.45, 7) is 9.68. The van der Waals surface area contributed by atoms with Crippen LogP contribution < -0.4 is 5.32 Å². The Morgan fingerprint density at radius 2 is 2.12 bits per heavy atom. The zero-order valence-corrected chi connectivity index (χ0v) is 10.9. The van der Waals surface area contributed by atoms with Crippen molar-refractivity contribution in [3.05, 3.63) is 0 Å². The lowest BCUT2D eigenvalue weighted by molar-refractivity contribution is 0.245. The van der Waals surface area contributed by atoms with E-state index in [0.717, 1.165) is 18.5 Å². The largest absolute Gasteiger partial charge is 0.317 e. The second kappa shape index (κ2) is 5.99. The molecule has 1 aliphatic heterocycles. The predicted octanol–water partition coefficient (Wildman–Crippen LogP) is 1.01. The van der Waals surface area contributed by atoms with Crippen LogP contribution in [0.1, 0.15) is 26.2 Å². The molecule has 0 aromatic carbocycles. The molecule has 1 saturated heterocycles. The molecule has 1 atom stereocenters. The van der Waals surface area contributed by atoms with E-state index >= 15 is 0 Å². The molecular formula is C13H27N3. The highest BCUT2D eigenvalue weighted by molar-refractivity contribution is 4.84. The van der Waals surface area contributed by atoms with Gasteiger partial charge in [0.25, 0.3) is 0 Å². The van der Waals surface area contributed by atoms with Gasteiger partial charge in [-0.25, -0.2) is 0 Å². The summed E-state index contributed by atoms with van der Waals surface area (Å²) in [4.78, 5) is 5.18. The molecule has 2 aliphatic rings. The van der Waals surface area contributed by atoms with Gasteiger partial charge in [0.05, 0.1) is 0 Å². The van der Waals surface area contributed by atoms with E-state index in [-0.39, 0.29) is 0 Å². The molecule has 2 fully saturated rings. The van der Waals surface area contributed by atoms with Crippen molar-refractivity contribution >= 4 is 0 Å². The van der Waals surface area contributed by atoms with Crippen molar-refractivity contribution in [2.45, 2.75) is 32.2 Å². The maximum absolute atomic E-state index is 3.47. The summed E-state index contributed by atoms with van der Waals surface area (Å²) < 4.78 is 0. The standard InChI is InChI=1S/C13H27N3/c1-3-14-10-12-6-7-16(11-12)9-8-15(2)13-4-5-13/h12-14H,3-11H2,1-2H3. The fourth-order valence-electron chi connectivity index (χ4n) is 2.63. The lowest BCUT2D eigenvalue weighted by Crippen LogP contribution is -2.33. The normalized spacial score (nSPS) is 26.8. The third-order valence-electron chi connectivity index (χ3n) is 3.99. The molecule has 1 N–H and O–H groups in total. The van der Waals surface area contributed by atoms with Crippen molar-refractivity contribution in [1.82, 2.24) is 15.1 Å². The van der Waals surface area contributed by atoms with E-state index < -0.39 is 0 Å². The second-order valence-electron chi connectivity index (χ2n) is 5.47. The van der Waals surface area contributed by atoms with Gasteiger partial charge in [0.15, 0.2) is 0 Å². The molecule has 0 amide bonds. The maximum Gasteiger partial charge on any atom is 0.0109 e. The highest BCUT2D eigenvalue weighted by Crippen LogP contribution is 2.25. The van der Waals surface area contributed by atoms with E-state index in [9.17, 15) is 0 Å². The SMILES string of the molecule is CCNCC1CCN(CCN(C)C2CC2)C1. The molecule has 0 spiro atoms. The molecule has 3 heteroatoms.